The van der Waals surface area contributed by atoms with E-state index in [0.717, 1.165) is 0 Å². The number of likely N-dealkylation sites (N-methyl/N-ethyl adjacent to an activating group) is 1. The Hall–Kier alpha value is -1.68. The van der Waals surface area contributed by atoms with Gasteiger partial charge < -0.3 is 72.7 Å². The molecule has 0 aromatic heterocycles. The molecule has 0 aromatic rings. The maximum atomic E-state index is 13.9. The van der Waals surface area contributed by atoms with Crippen molar-refractivity contribution >= 4 is 11.8 Å². The van der Waals surface area contributed by atoms with Gasteiger partial charge in [-0.05, 0) is 65.8 Å². The molecule has 0 amide bonds. The highest BCUT2D eigenvalue weighted by molar-refractivity contribution is 5.91. The number of hydrogen-bond donors (Lipinski definition) is 4. The molecule has 17 nitrogen and oxygen atoms in total. The molecule has 4 heterocycles. The second kappa shape index (κ2) is 21.4. The number of rotatable bonds is 13. The molecule has 4 rings (SSSR count). The quantitative estimate of drug-likeness (QED) is 0.117. The Bertz CT molecular complexity index is 1330. The number of esters is 1. The van der Waals surface area contributed by atoms with Crippen LogP contribution in [0.15, 0.2) is 12.2 Å². The summed E-state index contributed by atoms with van der Waals surface area (Å²) in [6.45, 7) is 10.6. The van der Waals surface area contributed by atoms with Crippen LogP contribution in [0.2, 0.25) is 0 Å². The summed E-state index contributed by atoms with van der Waals surface area (Å²) in [6, 6.07) is -0.732. The molecule has 17 heteroatoms. The van der Waals surface area contributed by atoms with E-state index in [1.807, 2.05) is 13.8 Å². The number of hydrogen-bond acceptors (Lipinski definition) is 17. The summed E-state index contributed by atoms with van der Waals surface area (Å²) >= 11 is 0. The molecule has 19 atom stereocenters. The number of epoxide rings is 1. The van der Waals surface area contributed by atoms with Gasteiger partial charge in [0.15, 0.2) is 24.7 Å². The monoisotopic (exact) mass is 833 g/mol. The van der Waals surface area contributed by atoms with Gasteiger partial charge >= 0.3 is 5.97 Å². The first-order chi connectivity index (χ1) is 27.3. The van der Waals surface area contributed by atoms with Crippen molar-refractivity contribution in [2.45, 2.75) is 165 Å². The first-order valence-corrected chi connectivity index (χ1v) is 20.5. The number of allylic oxidation sites excluding steroid dienone is 1. The van der Waals surface area contributed by atoms with Gasteiger partial charge in [-0.2, -0.15) is 0 Å². The molecule has 0 saturated carbocycles. The van der Waals surface area contributed by atoms with Crippen LogP contribution < -0.4 is 0 Å². The molecule has 58 heavy (non-hydrogen) atoms. The Morgan fingerprint density at radius 3 is 2.09 bits per heavy atom. The summed E-state index contributed by atoms with van der Waals surface area (Å²) in [6.07, 6.45) is -8.75. The second-order valence-electron chi connectivity index (χ2n) is 16.9. The van der Waals surface area contributed by atoms with Crippen LogP contribution in [0.4, 0.5) is 0 Å². The van der Waals surface area contributed by atoms with E-state index in [1.54, 1.807) is 52.8 Å². The highest BCUT2D eigenvalue weighted by atomic mass is 16.7. The van der Waals surface area contributed by atoms with Gasteiger partial charge in [-0.3, -0.25) is 9.59 Å². The smallest absolute Gasteiger partial charge is 0.308 e. The molecule has 0 spiro atoms. The van der Waals surface area contributed by atoms with Crippen molar-refractivity contribution in [2.24, 2.45) is 23.7 Å². The number of aliphatic hydroxyl groups is 4. The maximum Gasteiger partial charge on any atom is 0.308 e. The highest BCUT2D eigenvalue weighted by Crippen LogP contribution is 2.46. The van der Waals surface area contributed by atoms with E-state index in [0.29, 0.717) is 6.42 Å². The summed E-state index contributed by atoms with van der Waals surface area (Å²) in [5.74, 6) is -3.23. The van der Waals surface area contributed by atoms with Gasteiger partial charge in [-0.15, -0.1) is 0 Å². The van der Waals surface area contributed by atoms with Gasteiger partial charge in [0.05, 0.1) is 55.7 Å². The highest BCUT2D eigenvalue weighted by Gasteiger charge is 2.58. The van der Waals surface area contributed by atoms with Gasteiger partial charge in [0.1, 0.15) is 36.1 Å². The van der Waals surface area contributed by atoms with Crippen LogP contribution >= 0.6 is 0 Å². The summed E-state index contributed by atoms with van der Waals surface area (Å²) in [5, 5.41) is 44.9. The zero-order chi connectivity index (χ0) is 43.2. The fourth-order valence-corrected chi connectivity index (χ4v) is 8.82. The third kappa shape index (κ3) is 11.4. The predicted octanol–water partition coefficient (Wildman–Crippen LogP) is 1.19. The molecular weight excluding hydrogens is 762 g/mol. The molecule has 6 unspecified atom stereocenters. The van der Waals surface area contributed by atoms with Crippen molar-refractivity contribution in [3.05, 3.63) is 12.2 Å². The molecule has 0 aliphatic carbocycles. The van der Waals surface area contributed by atoms with Crippen LogP contribution in [0, 0.1) is 23.7 Å². The maximum absolute atomic E-state index is 13.9. The van der Waals surface area contributed by atoms with E-state index < -0.39 is 134 Å². The minimum absolute atomic E-state index is 0.00446. The van der Waals surface area contributed by atoms with E-state index in [-0.39, 0.29) is 25.2 Å². The molecule has 4 aliphatic heterocycles. The summed E-state index contributed by atoms with van der Waals surface area (Å²) in [7, 11) is 9.41. The second-order valence-corrected chi connectivity index (χ2v) is 16.9. The molecule has 4 aliphatic rings. The standard InChI is InChI=1S/C41H71NO16/c1-13-28-25(19-53-40-37(52-12)36(51-11)33(47)23(5)55-40)38-41(6,58-38)15-14-26(43)20(2)16-24(17-30(49-9)50-10)35(21(3)27(44)18-29(45)56-28)57-39-34(48)31(42(7)8)32(46)22(4)54-39/h14-15,20-25,27-28,30-40,44,46-48H,13,16-19H2,1-12H3/b15-14+/t20-,21+,22-,23-,24-,25?,27-,28-,31+,32-,33?,34-,35?,36?,37?,38-,39+,40?,41-/m1/s1. The van der Waals surface area contributed by atoms with Crippen molar-refractivity contribution in [1.82, 2.24) is 4.90 Å². The van der Waals surface area contributed by atoms with Crippen LogP contribution in [0.3, 0.4) is 0 Å². The number of carbonyl (C=O) groups is 2. The molecule has 336 valence electrons. The SMILES string of the molecule is CC[C@H]1OC(=O)C[C@@H](O)[C@H](C)C(O[C@@H]2O[C@H](C)[C@@H](O)[C@H](N(C)C)[C@H]2O)[C@@H](CC(OC)OC)C[C@@H](C)C(=O)/C=C/[C@@]2(C)O[C@@H]2C1COC1O[C@H](C)C(O)C(OC)C1OC. The summed E-state index contributed by atoms with van der Waals surface area (Å²) in [4.78, 5) is 29.4. The number of fused-ring (bicyclic) bond motifs is 1. The third-order valence-electron chi connectivity index (χ3n) is 12.6. The first kappa shape index (κ1) is 49.0. The van der Waals surface area contributed by atoms with Crippen molar-refractivity contribution in [2.75, 3.05) is 49.1 Å². The Labute approximate surface area is 343 Å². The minimum atomic E-state index is -1.30. The van der Waals surface area contributed by atoms with E-state index in [4.69, 9.17) is 47.4 Å². The van der Waals surface area contributed by atoms with Gasteiger partial charge in [0.2, 0.25) is 0 Å². The molecular formula is C41H71NO16. The molecule has 3 saturated heterocycles. The zero-order valence-corrected chi connectivity index (χ0v) is 36.3. The Morgan fingerprint density at radius 2 is 1.50 bits per heavy atom. The Balaban J connectivity index is 1.68. The normalized spacial score (nSPS) is 45.2. The summed E-state index contributed by atoms with van der Waals surface area (Å²) < 4.78 is 59.7. The molecule has 0 radical (unpaired) electrons. The fraction of sp³-hybridized carbons (Fsp3) is 0.902. The van der Waals surface area contributed by atoms with Gasteiger partial charge in [0.25, 0.3) is 0 Å². The molecule has 3 fully saturated rings. The number of ketones is 1. The lowest BCUT2D eigenvalue weighted by atomic mass is 9.79. The number of ether oxygens (including phenoxy) is 10. The number of nitrogens with zero attached hydrogens (tertiary/aromatic N) is 1. The van der Waals surface area contributed by atoms with Gasteiger partial charge in [0, 0.05) is 52.6 Å². The van der Waals surface area contributed by atoms with Gasteiger partial charge in [-0.1, -0.05) is 20.8 Å². The van der Waals surface area contributed by atoms with E-state index in [9.17, 15) is 30.0 Å². The third-order valence-corrected chi connectivity index (χ3v) is 12.6. The van der Waals surface area contributed by atoms with Crippen LogP contribution in [-0.2, 0) is 57.0 Å². The number of methoxy groups -OCH3 is 4. The lowest BCUT2D eigenvalue weighted by Crippen LogP contribution is -2.63. The van der Waals surface area contributed by atoms with Crippen LogP contribution in [0.1, 0.15) is 67.2 Å². The Morgan fingerprint density at radius 1 is 0.879 bits per heavy atom. The lowest BCUT2D eigenvalue weighted by Gasteiger charge is -2.47. The lowest BCUT2D eigenvalue weighted by molar-refractivity contribution is -0.306. The Kier molecular flexibility index (Phi) is 18.1. The van der Waals surface area contributed by atoms with E-state index in [2.05, 4.69) is 0 Å². The summed E-state index contributed by atoms with van der Waals surface area (Å²) in [5.41, 5.74) is -0.901. The molecule has 0 bridgehead atoms. The van der Waals surface area contributed by atoms with E-state index >= 15 is 0 Å². The van der Waals surface area contributed by atoms with Gasteiger partial charge in [-0.25, -0.2) is 0 Å². The first-order valence-electron chi connectivity index (χ1n) is 20.5. The largest absolute Gasteiger partial charge is 0.462 e. The predicted molar refractivity (Wildman–Crippen MR) is 207 cm³/mol. The van der Waals surface area contributed by atoms with Crippen molar-refractivity contribution in [1.29, 1.82) is 0 Å². The minimum Gasteiger partial charge on any atom is -0.462 e. The topological polar surface area (TPSA) is 214 Å². The van der Waals surface area contributed by atoms with Crippen molar-refractivity contribution < 1.29 is 77.4 Å². The van der Waals surface area contributed by atoms with E-state index in [1.165, 1.54) is 34.5 Å². The van der Waals surface area contributed by atoms with Crippen LogP contribution in [0.5, 0.6) is 0 Å². The molecule has 0 aromatic carbocycles. The zero-order valence-electron chi connectivity index (χ0n) is 36.3. The van der Waals surface area contributed by atoms with Crippen molar-refractivity contribution in [3.63, 3.8) is 0 Å². The number of cyclic esters (lactones) is 1. The van der Waals surface area contributed by atoms with Crippen LogP contribution in [0.25, 0.3) is 0 Å². The average molecular weight is 834 g/mol. The number of carbonyl (C=O) groups excluding carboxylic acids is 2. The van der Waals surface area contributed by atoms with Crippen molar-refractivity contribution in [3.8, 4) is 0 Å². The average Bonchev–Trinajstić information content (AvgIpc) is 3.86. The number of aliphatic hydroxyl groups excluding tert-OH is 4. The molecule has 4 N–H and O–H groups in total. The fourth-order valence-electron chi connectivity index (χ4n) is 8.82. The van der Waals surface area contributed by atoms with Crippen LogP contribution in [-0.4, -0.2) is 184 Å².